The van der Waals surface area contributed by atoms with Gasteiger partial charge in [0.2, 0.25) is 11.8 Å². The number of ether oxygens (including phenoxy) is 2. The Morgan fingerprint density at radius 3 is 2.53 bits per heavy atom. The maximum Gasteiger partial charge on any atom is 0.312 e. The number of rotatable bonds is 6. The van der Waals surface area contributed by atoms with Crippen LogP contribution in [0.25, 0.3) is 0 Å². The number of fused-ring (bicyclic) bond motifs is 1. The molecule has 30 heavy (non-hydrogen) atoms. The van der Waals surface area contributed by atoms with Crippen molar-refractivity contribution in [3.05, 3.63) is 0 Å². The standard InChI is InChI=1S/C21H33BrN2O6/c1-7-29-19(28)13-14-18(27)24(12(9-25)10(2)3)16(17(26)23-20(4,5)6)21(14)8-11(22)15(13)30-21/h10-16,25H,7-9H2,1-6H3,(H,23,26)/t11?,12-,13-,14-,15-,16?,21?/m0/s1. The van der Waals surface area contributed by atoms with Crippen molar-refractivity contribution < 1.29 is 29.0 Å². The summed E-state index contributed by atoms with van der Waals surface area (Å²) in [5.74, 6) is -2.80. The molecule has 2 amide bonds. The van der Waals surface area contributed by atoms with E-state index in [1.807, 2.05) is 34.6 Å². The zero-order chi connectivity index (χ0) is 22.6. The fourth-order valence-corrected chi connectivity index (χ4v) is 6.23. The second-order valence-corrected chi connectivity index (χ2v) is 11.1. The third kappa shape index (κ3) is 3.56. The fraction of sp³-hybridized carbons (Fsp3) is 0.857. The summed E-state index contributed by atoms with van der Waals surface area (Å²) in [6.45, 7) is 11.0. The Bertz CT molecular complexity index is 723. The Balaban J connectivity index is 2.11. The van der Waals surface area contributed by atoms with E-state index in [-0.39, 0.29) is 35.8 Å². The van der Waals surface area contributed by atoms with Gasteiger partial charge in [-0.2, -0.15) is 0 Å². The van der Waals surface area contributed by atoms with E-state index in [1.165, 1.54) is 4.90 Å². The van der Waals surface area contributed by atoms with Crippen LogP contribution in [-0.2, 0) is 23.9 Å². The summed E-state index contributed by atoms with van der Waals surface area (Å²) >= 11 is 3.60. The molecule has 3 fully saturated rings. The predicted molar refractivity (Wildman–Crippen MR) is 113 cm³/mol. The lowest BCUT2D eigenvalue weighted by Crippen LogP contribution is -2.61. The number of carbonyl (C=O) groups excluding carboxylic acids is 3. The molecule has 3 aliphatic heterocycles. The number of esters is 1. The van der Waals surface area contributed by atoms with Crippen LogP contribution in [0.5, 0.6) is 0 Å². The van der Waals surface area contributed by atoms with Gasteiger partial charge in [-0.25, -0.2) is 0 Å². The van der Waals surface area contributed by atoms with Crippen molar-refractivity contribution in [2.75, 3.05) is 13.2 Å². The maximum absolute atomic E-state index is 13.7. The van der Waals surface area contributed by atoms with E-state index < -0.39 is 47.1 Å². The molecule has 0 aromatic rings. The van der Waals surface area contributed by atoms with E-state index in [0.717, 1.165) is 0 Å². The highest BCUT2D eigenvalue weighted by Crippen LogP contribution is 2.60. The molecule has 9 heteroatoms. The Labute approximate surface area is 186 Å². The zero-order valence-corrected chi connectivity index (χ0v) is 20.1. The van der Waals surface area contributed by atoms with Crippen LogP contribution in [0.1, 0.15) is 48.0 Å². The van der Waals surface area contributed by atoms with Gasteiger partial charge in [-0.05, 0) is 40.0 Å². The molecule has 2 bridgehead atoms. The number of amides is 2. The minimum absolute atomic E-state index is 0.0860. The number of halogens is 1. The highest BCUT2D eigenvalue weighted by atomic mass is 79.9. The van der Waals surface area contributed by atoms with Crippen LogP contribution in [0.4, 0.5) is 0 Å². The average molecular weight is 489 g/mol. The van der Waals surface area contributed by atoms with Crippen molar-refractivity contribution >= 4 is 33.7 Å². The number of nitrogens with zero attached hydrogens (tertiary/aromatic N) is 1. The second kappa shape index (κ2) is 8.06. The van der Waals surface area contributed by atoms with Crippen molar-refractivity contribution in [3.63, 3.8) is 0 Å². The van der Waals surface area contributed by atoms with Crippen molar-refractivity contribution in [2.45, 2.75) is 82.1 Å². The number of hydrogen-bond acceptors (Lipinski definition) is 6. The summed E-state index contributed by atoms with van der Waals surface area (Å²) in [4.78, 5) is 41.3. The van der Waals surface area contributed by atoms with Crippen molar-refractivity contribution in [2.24, 2.45) is 17.8 Å². The van der Waals surface area contributed by atoms with Gasteiger partial charge in [-0.1, -0.05) is 29.8 Å². The molecular weight excluding hydrogens is 456 g/mol. The Morgan fingerprint density at radius 2 is 2.03 bits per heavy atom. The van der Waals surface area contributed by atoms with Gasteiger partial charge in [-0.3, -0.25) is 14.4 Å². The minimum atomic E-state index is -1.13. The lowest BCUT2D eigenvalue weighted by atomic mass is 9.70. The van der Waals surface area contributed by atoms with Crippen molar-refractivity contribution in [1.82, 2.24) is 10.2 Å². The molecule has 2 N–H and O–H groups in total. The summed E-state index contributed by atoms with van der Waals surface area (Å²) < 4.78 is 11.6. The SMILES string of the molecule is CCOC(=O)[C@H]1[C@H]2C(=O)N([C@@H](CO)C(C)C)C(C(=O)NC(C)(C)C)C23CC(Br)[C@@H]1O3. The van der Waals surface area contributed by atoms with Crippen LogP contribution >= 0.6 is 15.9 Å². The van der Waals surface area contributed by atoms with Gasteiger partial charge in [-0.15, -0.1) is 0 Å². The van der Waals surface area contributed by atoms with Crippen LogP contribution in [0.2, 0.25) is 0 Å². The summed E-state index contributed by atoms with van der Waals surface area (Å²) in [6, 6.07) is -1.49. The van der Waals surface area contributed by atoms with Gasteiger partial charge in [0, 0.05) is 10.4 Å². The number of nitrogens with one attached hydrogen (secondary N) is 1. The smallest absolute Gasteiger partial charge is 0.312 e. The van der Waals surface area contributed by atoms with Crippen molar-refractivity contribution in [3.8, 4) is 0 Å². The predicted octanol–water partition coefficient (Wildman–Crippen LogP) is 1.23. The van der Waals surface area contributed by atoms with Gasteiger partial charge in [0.15, 0.2) is 0 Å². The molecule has 3 heterocycles. The third-order valence-corrected chi connectivity index (χ3v) is 7.19. The van der Waals surface area contributed by atoms with Gasteiger partial charge < -0.3 is 24.8 Å². The molecule has 8 nitrogen and oxygen atoms in total. The van der Waals surface area contributed by atoms with Crippen LogP contribution in [0.15, 0.2) is 0 Å². The lowest BCUT2D eigenvalue weighted by Gasteiger charge is -2.39. The highest BCUT2D eigenvalue weighted by Gasteiger charge is 2.77. The first kappa shape index (κ1) is 23.5. The zero-order valence-electron chi connectivity index (χ0n) is 18.5. The molecule has 7 atom stereocenters. The molecule has 0 aromatic carbocycles. The number of aliphatic hydroxyl groups is 1. The van der Waals surface area contributed by atoms with Crippen LogP contribution in [0.3, 0.4) is 0 Å². The van der Waals surface area contributed by atoms with Gasteiger partial charge in [0.05, 0.1) is 37.2 Å². The van der Waals surface area contributed by atoms with Crippen LogP contribution in [0, 0.1) is 17.8 Å². The van der Waals surface area contributed by atoms with E-state index in [9.17, 15) is 19.5 Å². The topological polar surface area (TPSA) is 105 Å². The molecule has 0 radical (unpaired) electrons. The van der Waals surface area contributed by atoms with Gasteiger partial charge >= 0.3 is 5.97 Å². The molecule has 3 saturated heterocycles. The minimum Gasteiger partial charge on any atom is -0.466 e. The second-order valence-electron chi connectivity index (χ2n) is 9.89. The monoisotopic (exact) mass is 488 g/mol. The van der Waals surface area contributed by atoms with Gasteiger partial charge in [0.1, 0.15) is 11.6 Å². The molecule has 0 aliphatic carbocycles. The highest BCUT2D eigenvalue weighted by molar-refractivity contribution is 9.09. The van der Waals surface area contributed by atoms with E-state index in [1.54, 1.807) is 6.92 Å². The normalized spacial score (nSPS) is 36.2. The van der Waals surface area contributed by atoms with E-state index in [0.29, 0.717) is 6.42 Å². The van der Waals surface area contributed by atoms with E-state index in [4.69, 9.17) is 9.47 Å². The number of aliphatic hydroxyl groups excluding tert-OH is 1. The number of likely N-dealkylation sites (tertiary alicyclic amines) is 1. The molecule has 1 spiro atoms. The summed E-state index contributed by atoms with van der Waals surface area (Å²) in [5.41, 5.74) is -1.65. The fourth-order valence-electron chi connectivity index (χ4n) is 5.29. The first-order valence-corrected chi connectivity index (χ1v) is 11.5. The first-order valence-electron chi connectivity index (χ1n) is 10.6. The van der Waals surface area contributed by atoms with E-state index >= 15 is 0 Å². The molecule has 0 saturated carbocycles. The third-order valence-electron chi connectivity index (χ3n) is 6.35. The molecule has 3 aliphatic rings. The molecular formula is C21H33BrN2O6. The summed E-state index contributed by atoms with van der Waals surface area (Å²) in [6.07, 6.45) is -0.101. The van der Waals surface area contributed by atoms with Gasteiger partial charge in [0.25, 0.3) is 0 Å². The van der Waals surface area contributed by atoms with E-state index in [2.05, 4.69) is 21.2 Å². The Kier molecular flexibility index (Phi) is 6.30. The molecule has 0 aromatic heterocycles. The Hall–Kier alpha value is -1.19. The van der Waals surface area contributed by atoms with Crippen LogP contribution in [-0.4, -0.2) is 75.2 Å². The molecule has 3 unspecified atom stereocenters. The first-order chi connectivity index (χ1) is 13.9. The molecule has 170 valence electrons. The van der Waals surface area contributed by atoms with Crippen molar-refractivity contribution in [1.29, 1.82) is 0 Å². The summed E-state index contributed by atoms with van der Waals surface area (Å²) in [7, 11) is 0. The van der Waals surface area contributed by atoms with Crippen LogP contribution < -0.4 is 5.32 Å². The largest absolute Gasteiger partial charge is 0.466 e. The lowest BCUT2D eigenvalue weighted by molar-refractivity contribution is -0.155. The number of carbonyl (C=O) groups is 3. The summed E-state index contributed by atoms with van der Waals surface area (Å²) in [5, 5.41) is 13.1. The number of hydrogen-bond donors (Lipinski definition) is 2. The molecule has 3 rings (SSSR count). The maximum atomic E-state index is 13.7. The quantitative estimate of drug-likeness (QED) is 0.430. The Morgan fingerprint density at radius 1 is 1.40 bits per heavy atom. The average Bonchev–Trinajstić information content (AvgIpc) is 3.18. The number of alkyl halides is 1.